The number of hydrogen-bond acceptors (Lipinski definition) is 4. The summed E-state index contributed by atoms with van der Waals surface area (Å²) < 4.78 is 6.50. The summed E-state index contributed by atoms with van der Waals surface area (Å²) in [7, 11) is 0. The zero-order chi connectivity index (χ0) is 18.1. The first-order valence-corrected chi connectivity index (χ1v) is 8.07. The number of fused-ring (bicyclic) bond motifs is 1. The number of benzene rings is 2. The summed E-state index contributed by atoms with van der Waals surface area (Å²) in [6.07, 6.45) is -0.174. The fourth-order valence-electron chi connectivity index (χ4n) is 2.98. The summed E-state index contributed by atoms with van der Waals surface area (Å²) in [4.78, 5) is 24.3. The van der Waals surface area contributed by atoms with Crippen LogP contribution in [0.4, 0.5) is 0 Å². The van der Waals surface area contributed by atoms with E-state index in [1.54, 1.807) is 41.8 Å². The number of carbonyl (C=O) groups is 2. The summed E-state index contributed by atoms with van der Waals surface area (Å²) >= 11 is 3.79. The molecule has 0 spiro atoms. The van der Waals surface area contributed by atoms with Crippen molar-refractivity contribution >= 4 is 35.7 Å². The second kappa shape index (κ2) is 6.64. The lowest BCUT2D eigenvalue weighted by atomic mass is 10.1. The summed E-state index contributed by atoms with van der Waals surface area (Å²) in [5, 5.41) is 9.91. The minimum Gasteiger partial charge on any atom is -0.481 e. The molecule has 128 valence electrons. The van der Waals surface area contributed by atoms with Crippen LogP contribution in [-0.4, -0.2) is 21.6 Å². The van der Waals surface area contributed by atoms with Crippen LogP contribution in [0.3, 0.4) is 0 Å². The molecule has 0 radical (unpaired) electrons. The van der Waals surface area contributed by atoms with Crippen LogP contribution in [0.1, 0.15) is 27.2 Å². The van der Waals surface area contributed by atoms with Crippen molar-refractivity contribution in [2.75, 3.05) is 0 Å². The number of aliphatic carboxylic acids is 1. The smallest absolute Gasteiger partial charge is 0.307 e. The van der Waals surface area contributed by atoms with E-state index in [1.165, 1.54) is 0 Å². The number of hydrogen-bond donors (Lipinski definition) is 2. The molecule has 0 aliphatic carbocycles. The SMILES string of the molecule is Cc1ccc(C(=O)n2c(C)c(CC(=O)O)c3cc(OS)ccc32)cc1. The van der Waals surface area contributed by atoms with Gasteiger partial charge in [-0.2, -0.15) is 0 Å². The number of thiol groups is 1. The maximum atomic E-state index is 13.0. The summed E-state index contributed by atoms with van der Waals surface area (Å²) in [5.74, 6) is -0.664. The topological polar surface area (TPSA) is 68.5 Å². The number of aromatic nitrogens is 1. The lowest BCUT2D eigenvalue weighted by molar-refractivity contribution is -0.136. The Hall–Kier alpha value is -2.73. The van der Waals surface area contributed by atoms with Gasteiger partial charge in [0.25, 0.3) is 5.91 Å². The van der Waals surface area contributed by atoms with Crippen molar-refractivity contribution in [1.29, 1.82) is 0 Å². The van der Waals surface area contributed by atoms with E-state index >= 15 is 0 Å². The van der Waals surface area contributed by atoms with Crippen LogP contribution in [0, 0.1) is 13.8 Å². The molecule has 25 heavy (non-hydrogen) atoms. The van der Waals surface area contributed by atoms with Gasteiger partial charge in [0, 0.05) is 29.6 Å². The van der Waals surface area contributed by atoms with Gasteiger partial charge >= 0.3 is 5.97 Å². The van der Waals surface area contributed by atoms with E-state index in [2.05, 4.69) is 12.9 Å². The van der Waals surface area contributed by atoms with Crippen LogP contribution in [0.25, 0.3) is 10.9 Å². The molecule has 3 rings (SSSR count). The lowest BCUT2D eigenvalue weighted by Crippen LogP contribution is -2.14. The van der Waals surface area contributed by atoms with Crippen LogP contribution in [-0.2, 0) is 11.2 Å². The Morgan fingerprint density at radius 3 is 2.40 bits per heavy atom. The third kappa shape index (κ3) is 3.13. The maximum absolute atomic E-state index is 13.0. The van der Waals surface area contributed by atoms with Crippen molar-refractivity contribution in [3.05, 3.63) is 64.8 Å². The zero-order valence-electron chi connectivity index (χ0n) is 13.8. The standard InChI is InChI=1S/C19H17NO4S/c1-11-3-5-13(6-4-11)19(23)20-12(2)15(10-18(21)22)16-9-14(24-25)7-8-17(16)20/h3-9,25H,10H2,1-2H3,(H,21,22). The number of carbonyl (C=O) groups excluding carboxylic acids is 1. The summed E-state index contributed by atoms with van der Waals surface area (Å²) in [5.41, 5.74) is 3.46. The fraction of sp³-hybridized carbons (Fsp3) is 0.158. The molecule has 1 N–H and O–H groups in total. The molecule has 3 aromatic rings. The summed E-state index contributed by atoms with van der Waals surface area (Å²) in [6.45, 7) is 3.71. The molecule has 0 aliphatic heterocycles. The molecule has 0 amide bonds. The first-order chi connectivity index (χ1) is 11.9. The predicted octanol–water partition coefficient (Wildman–Crippen LogP) is 3.80. The monoisotopic (exact) mass is 355 g/mol. The molecular weight excluding hydrogens is 338 g/mol. The number of carboxylic acid groups (broad SMARTS) is 1. The highest BCUT2D eigenvalue weighted by atomic mass is 32.1. The van der Waals surface area contributed by atoms with Gasteiger partial charge < -0.3 is 9.29 Å². The molecule has 6 heteroatoms. The van der Waals surface area contributed by atoms with Gasteiger partial charge in [0.2, 0.25) is 0 Å². The van der Waals surface area contributed by atoms with E-state index in [0.717, 1.165) is 5.56 Å². The van der Waals surface area contributed by atoms with E-state index in [1.807, 2.05) is 19.1 Å². The first kappa shape index (κ1) is 17.1. The lowest BCUT2D eigenvalue weighted by Gasteiger charge is -2.08. The van der Waals surface area contributed by atoms with Gasteiger partial charge in [-0.15, -0.1) is 0 Å². The van der Waals surface area contributed by atoms with E-state index in [4.69, 9.17) is 4.18 Å². The van der Waals surface area contributed by atoms with Crippen molar-refractivity contribution in [1.82, 2.24) is 4.57 Å². The summed E-state index contributed by atoms with van der Waals surface area (Å²) in [6, 6.07) is 12.4. The second-order valence-corrected chi connectivity index (χ2v) is 6.09. The van der Waals surface area contributed by atoms with Crippen molar-refractivity contribution in [2.45, 2.75) is 20.3 Å². The molecule has 1 heterocycles. The van der Waals surface area contributed by atoms with Crippen molar-refractivity contribution in [3.8, 4) is 5.75 Å². The fourth-order valence-corrected chi connectivity index (χ4v) is 3.09. The van der Waals surface area contributed by atoms with E-state index in [-0.39, 0.29) is 12.3 Å². The van der Waals surface area contributed by atoms with E-state index < -0.39 is 5.97 Å². The minimum absolute atomic E-state index is 0.174. The average molecular weight is 355 g/mol. The zero-order valence-corrected chi connectivity index (χ0v) is 14.7. The van der Waals surface area contributed by atoms with E-state index in [0.29, 0.717) is 33.5 Å². The quantitative estimate of drug-likeness (QED) is 0.552. The molecule has 0 fully saturated rings. The van der Waals surface area contributed by atoms with Crippen molar-refractivity contribution < 1.29 is 18.9 Å². The Morgan fingerprint density at radius 1 is 1.12 bits per heavy atom. The van der Waals surface area contributed by atoms with Crippen molar-refractivity contribution in [2.24, 2.45) is 0 Å². The number of rotatable bonds is 4. The van der Waals surface area contributed by atoms with Gasteiger partial charge in [-0.3, -0.25) is 14.2 Å². The Kier molecular flexibility index (Phi) is 4.55. The predicted molar refractivity (Wildman–Crippen MR) is 98.5 cm³/mol. The molecule has 1 aromatic heterocycles. The van der Waals surface area contributed by atoms with Gasteiger partial charge in [-0.1, -0.05) is 17.7 Å². The Labute approximate surface area is 150 Å². The first-order valence-electron chi connectivity index (χ1n) is 7.71. The molecule has 0 saturated carbocycles. The Balaban J connectivity index is 2.23. The normalized spacial score (nSPS) is 10.8. The molecule has 0 unspecified atom stereocenters. The third-order valence-electron chi connectivity index (χ3n) is 4.24. The van der Waals surface area contributed by atoms with Crippen LogP contribution >= 0.6 is 12.9 Å². The molecule has 2 aromatic carbocycles. The van der Waals surface area contributed by atoms with Gasteiger partial charge in [-0.25, -0.2) is 0 Å². The molecule has 5 nitrogen and oxygen atoms in total. The van der Waals surface area contributed by atoms with Gasteiger partial charge in [-0.05, 0) is 49.7 Å². The Morgan fingerprint density at radius 2 is 1.80 bits per heavy atom. The van der Waals surface area contributed by atoms with Crippen LogP contribution in [0.5, 0.6) is 5.75 Å². The number of nitrogens with zero attached hydrogens (tertiary/aromatic N) is 1. The van der Waals surface area contributed by atoms with Crippen LogP contribution < -0.4 is 4.18 Å². The number of carboxylic acids is 1. The largest absolute Gasteiger partial charge is 0.481 e. The molecule has 0 saturated heterocycles. The second-order valence-electron chi connectivity index (χ2n) is 5.91. The van der Waals surface area contributed by atoms with Gasteiger partial charge in [0.05, 0.1) is 11.9 Å². The Bertz CT molecular complexity index is 973. The molecule has 0 atom stereocenters. The maximum Gasteiger partial charge on any atom is 0.307 e. The van der Waals surface area contributed by atoms with Gasteiger partial charge in [0.15, 0.2) is 0 Å². The number of aryl methyl sites for hydroxylation is 1. The highest BCUT2D eigenvalue weighted by molar-refractivity contribution is 7.75. The molecule has 0 aliphatic rings. The highest BCUT2D eigenvalue weighted by Gasteiger charge is 2.21. The highest BCUT2D eigenvalue weighted by Crippen LogP contribution is 2.31. The third-order valence-corrected chi connectivity index (χ3v) is 4.45. The van der Waals surface area contributed by atoms with Crippen LogP contribution in [0.15, 0.2) is 42.5 Å². The van der Waals surface area contributed by atoms with Gasteiger partial charge in [0.1, 0.15) is 5.75 Å². The van der Waals surface area contributed by atoms with Crippen LogP contribution in [0.2, 0.25) is 0 Å². The molecule has 0 bridgehead atoms. The minimum atomic E-state index is -0.956. The average Bonchev–Trinajstić information content (AvgIpc) is 2.86. The molecular formula is C19H17NO4S. The van der Waals surface area contributed by atoms with Crippen molar-refractivity contribution in [3.63, 3.8) is 0 Å². The van der Waals surface area contributed by atoms with E-state index in [9.17, 15) is 14.7 Å².